The Bertz CT molecular complexity index is 646. The molecule has 1 aromatic carbocycles. The van der Waals surface area contributed by atoms with Crippen LogP contribution in [-0.2, 0) is 11.0 Å². The van der Waals surface area contributed by atoms with E-state index in [4.69, 9.17) is 9.47 Å². The van der Waals surface area contributed by atoms with Crippen LogP contribution in [0.5, 0.6) is 11.5 Å². The second-order valence-corrected chi connectivity index (χ2v) is 4.08. The molecule has 0 saturated heterocycles. The van der Waals surface area contributed by atoms with Crippen LogP contribution in [0.2, 0.25) is 0 Å². The summed E-state index contributed by atoms with van der Waals surface area (Å²) < 4.78 is 48.8. The van der Waals surface area contributed by atoms with Crippen molar-refractivity contribution >= 4 is 16.9 Å². The minimum atomic E-state index is -4.54. The molecule has 0 amide bonds. The predicted octanol–water partition coefficient (Wildman–Crippen LogP) is 3.51. The number of halogens is 3. The first-order valence-electron chi connectivity index (χ1n) is 5.83. The number of methoxy groups -OCH3 is 1. The average molecular weight is 287 g/mol. The number of ether oxygens (including phenoxy) is 2. The van der Waals surface area contributed by atoms with E-state index in [1.165, 1.54) is 19.4 Å². The fourth-order valence-electron chi connectivity index (χ4n) is 1.80. The van der Waals surface area contributed by atoms with Crippen LogP contribution < -0.4 is 9.47 Å². The van der Waals surface area contributed by atoms with Crippen LogP contribution in [0.15, 0.2) is 18.3 Å². The molecule has 2 rings (SSSR count). The first kappa shape index (κ1) is 14.2. The lowest BCUT2D eigenvalue weighted by Crippen LogP contribution is -2.07. The summed E-state index contributed by atoms with van der Waals surface area (Å²) in [4.78, 5) is 13.8. The molecule has 0 aliphatic carbocycles. The van der Waals surface area contributed by atoms with Crippen LogP contribution in [0.1, 0.15) is 18.9 Å². The second kappa shape index (κ2) is 5.07. The number of carbonyl (C=O) groups excluding carboxylic acids is 1. The van der Waals surface area contributed by atoms with Gasteiger partial charge in [0.1, 0.15) is 5.75 Å². The van der Waals surface area contributed by atoms with Gasteiger partial charge in [0.05, 0.1) is 18.2 Å². The van der Waals surface area contributed by atoms with Gasteiger partial charge in [0.2, 0.25) is 0 Å². The van der Waals surface area contributed by atoms with Gasteiger partial charge in [0.15, 0.2) is 5.75 Å². The highest BCUT2D eigenvalue weighted by molar-refractivity contribution is 5.92. The minimum absolute atomic E-state index is 0.0400. The lowest BCUT2D eigenvalue weighted by atomic mass is 10.1. The number of alkyl halides is 3. The molecule has 0 fully saturated rings. The quantitative estimate of drug-likeness (QED) is 0.879. The topological polar surface area (TPSA) is 51.3 Å². The molecule has 20 heavy (non-hydrogen) atoms. The van der Waals surface area contributed by atoms with E-state index in [0.717, 1.165) is 6.07 Å². The molecule has 0 bridgehead atoms. The number of esters is 1. The van der Waals surface area contributed by atoms with Crippen molar-refractivity contribution in [3.63, 3.8) is 0 Å². The summed E-state index contributed by atoms with van der Waals surface area (Å²) in [6.07, 6.45) is -3.18. The summed E-state index contributed by atoms with van der Waals surface area (Å²) >= 11 is 0. The van der Waals surface area contributed by atoms with E-state index in [1.807, 2.05) is 0 Å². The summed E-state index contributed by atoms with van der Waals surface area (Å²) in [6, 6.07) is 2.28. The Morgan fingerprint density at radius 1 is 1.35 bits per heavy atom. The number of carbonyl (C=O) groups is 1. The van der Waals surface area contributed by atoms with E-state index in [9.17, 15) is 18.0 Å². The van der Waals surface area contributed by atoms with Crippen molar-refractivity contribution in [1.82, 2.24) is 4.98 Å². The van der Waals surface area contributed by atoms with E-state index in [2.05, 4.69) is 4.98 Å². The molecule has 0 atom stereocenters. The van der Waals surface area contributed by atoms with E-state index < -0.39 is 17.7 Å². The lowest BCUT2D eigenvalue weighted by Gasteiger charge is -2.10. The third-order valence-electron chi connectivity index (χ3n) is 2.78. The monoisotopic (exact) mass is 287 g/mol. The maximum Gasteiger partial charge on any atom is 0.418 e. The highest BCUT2D eigenvalue weighted by atomic mass is 19.4. The number of aromatic nitrogens is 1. The summed E-state index contributed by atoms with van der Waals surface area (Å²) in [7, 11) is 1.27. The van der Waals surface area contributed by atoms with E-state index in [-0.39, 0.29) is 28.8 Å². The van der Waals surface area contributed by atoms with E-state index in [1.54, 1.807) is 6.92 Å². The van der Waals surface area contributed by atoms with Gasteiger partial charge >= 0.3 is 12.1 Å². The molecule has 108 valence electrons. The van der Waals surface area contributed by atoms with Gasteiger partial charge in [0, 0.05) is 18.0 Å². The second-order valence-electron chi connectivity index (χ2n) is 4.08. The first-order valence-corrected chi connectivity index (χ1v) is 5.83. The van der Waals surface area contributed by atoms with Crippen molar-refractivity contribution in [2.24, 2.45) is 0 Å². The zero-order chi connectivity index (χ0) is 14.9. The highest BCUT2D eigenvalue weighted by Crippen LogP contribution is 2.40. The van der Waals surface area contributed by atoms with Gasteiger partial charge in [-0.3, -0.25) is 4.79 Å². The van der Waals surface area contributed by atoms with Crippen molar-refractivity contribution in [1.29, 1.82) is 0 Å². The van der Waals surface area contributed by atoms with Crippen LogP contribution in [0.3, 0.4) is 0 Å². The number of hydrogen-bond acceptors (Lipinski definition) is 3. The van der Waals surface area contributed by atoms with Gasteiger partial charge in [-0.2, -0.15) is 13.2 Å². The maximum absolute atomic E-state index is 13.0. The molecule has 1 N–H and O–H groups in total. The van der Waals surface area contributed by atoms with E-state index in [0.29, 0.717) is 0 Å². The van der Waals surface area contributed by atoms with Crippen LogP contribution in [0.4, 0.5) is 13.2 Å². The summed E-state index contributed by atoms with van der Waals surface area (Å²) in [5.41, 5.74) is -1.01. The average Bonchev–Trinajstić information content (AvgIpc) is 2.79. The van der Waals surface area contributed by atoms with Crippen molar-refractivity contribution < 1.29 is 27.4 Å². The number of benzene rings is 1. The number of aromatic amines is 1. The molecule has 0 unspecified atom stereocenters. The number of H-pyrrole nitrogens is 1. The molecule has 0 aliphatic heterocycles. The van der Waals surface area contributed by atoms with Crippen LogP contribution in [0.25, 0.3) is 10.9 Å². The molecule has 1 heterocycles. The Balaban J connectivity index is 2.63. The molecule has 0 radical (unpaired) electrons. The van der Waals surface area contributed by atoms with Crippen LogP contribution in [-0.4, -0.2) is 18.1 Å². The van der Waals surface area contributed by atoms with Gasteiger partial charge in [-0.05, 0) is 12.1 Å². The standard InChI is InChI=1S/C13H12F3NO3/c1-3-11(18)20-10-6-17-12-8(10)4-7(19-2)5-9(12)13(14,15)16/h4-6,17H,3H2,1-2H3. The molecular formula is C13H12F3NO3. The van der Waals surface area contributed by atoms with E-state index >= 15 is 0 Å². The Kier molecular flexibility index (Phi) is 3.61. The summed E-state index contributed by atoms with van der Waals surface area (Å²) in [6.45, 7) is 1.60. The van der Waals surface area contributed by atoms with Gasteiger partial charge in [-0.1, -0.05) is 6.92 Å². The lowest BCUT2D eigenvalue weighted by molar-refractivity contribution is -0.136. The van der Waals surface area contributed by atoms with Gasteiger partial charge in [-0.15, -0.1) is 0 Å². The zero-order valence-corrected chi connectivity index (χ0v) is 10.8. The highest BCUT2D eigenvalue weighted by Gasteiger charge is 2.34. The Morgan fingerprint density at radius 2 is 2.05 bits per heavy atom. The fourth-order valence-corrected chi connectivity index (χ4v) is 1.80. The molecule has 0 aliphatic rings. The van der Waals surface area contributed by atoms with Crippen LogP contribution >= 0.6 is 0 Å². The first-order chi connectivity index (χ1) is 9.36. The smallest absolute Gasteiger partial charge is 0.418 e. The molecule has 2 aromatic rings. The summed E-state index contributed by atoms with van der Waals surface area (Å²) in [5, 5.41) is 0.151. The number of hydrogen-bond donors (Lipinski definition) is 1. The Hall–Kier alpha value is -2.18. The number of rotatable bonds is 3. The van der Waals surface area contributed by atoms with Crippen molar-refractivity contribution in [3.05, 3.63) is 23.9 Å². The van der Waals surface area contributed by atoms with Gasteiger partial charge in [-0.25, -0.2) is 0 Å². The maximum atomic E-state index is 13.0. The molecule has 0 saturated carbocycles. The minimum Gasteiger partial charge on any atom is -0.497 e. The zero-order valence-electron chi connectivity index (χ0n) is 10.8. The molecule has 4 nitrogen and oxygen atoms in total. The van der Waals surface area contributed by atoms with Gasteiger partial charge < -0.3 is 14.5 Å². The van der Waals surface area contributed by atoms with Crippen molar-refractivity contribution in [2.45, 2.75) is 19.5 Å². The Morgan fingerprint density at radius 3 is 2.60 bits per heavy atom. The molecular weight excluding hydrogens is 275 g/mol. The number of nitrogens with one attached hydrogen (secondary N) is 1. The third kappa shape index (κ3) is 2.56. The molecule has 0 spiro atoms. The molecule has 1 aromatic heterocycles. The molecule has 7 heteroatoms. The van der Waals surface area contributed by atoms with Gasteiger partial charge in [0.25, 0.3) is 0 Å². The van der Waals surface area contributed by atoms with Crippen LogP contribution in [0, 0.1) is 0 Å². The normalized spacial score (nSPS) is 11.7. The summed E-state index contributed by atoms with van der Waals surface area (Å²) in [5.74, 6) is -0.434. The predicted molar refractivity (Wildman–Crippen MR) is 65.8 cm³/mol. The van der Waals surface area contributed by atoms with Crippen molar-refractivity contribution in [3.8, 4) is 11.5 Å². The Labute approximate surface area is 112 Å². The largest absolute Gasteiger partial charge is 0.497 e. The fraction of sp³-hybridized carbons (Fsp3) is 0.308. The SMILES string of the molecule is CCC(=O)Oc1c[nH]c2c(C(F)(F)F)cc(OC)cc12. The van der Waals surface area contributed by atoms with Crippen molar-refractivity contribution in [2.75, 3.05) is 7.11 Å². The third-order valence-corrected chi connectivity index (χ3v) is 2.78. The number of fused-ring (bicyclic) bond motifs is 1.